The second-order valence-corrected chi connectivity index (χ2v) is 5.34. The third kappa shape index (κ3) is 1.52. The minimum absolute atomic E-state index is 0.700. The Morgan fingerprint density at radius 2 is 2.18 bits per heavy atom. The molecule has 3 aromatic rings. The molecule has 0 spiro atoms. The van der Waals surface area contributed by atoms with Gasteiger partial charge in [-0.05, 0) is 18.5 Å². The van der Waals surface area contributed by atoms with Crippen LogP contribution in [0.2, 0.25) is 0 Å². The molecule has 0 amide bonds. The molecule has 0 aromatic carbocycles. The first-order valence-corrected chi connectivity index (χ1v) is 6.73. The van der Waals surface area contributed by atoms with Crippen LogP contribution in [0.5, 0.6) is 0 Å². The maximum Gasteiger partial charge on any atom is 0.234 e. The number of aryl methyl sites for hydroxylation is 2. The maximum atomic E-state index is 5.91. The third-order valence-electron chi connectivity index (χ3n) is 2.47. The Bertz CT molecular complexity index is 659. The number of anilines is 1. The van der Waals surface area contributed by atoms with E-state index in [0.29, 0.717) is 5.00 Å². The van der Waals surface area contributed by atoms with Crippen molar-refractivity contribution in [3.63, 3.8) is 0 Å². The number of hydrogen-bond donors (Lipinski definition) is 1. The molecular weight excluding hydrogens is 256 g/mol. The van der Waals surface area contributed by atoms with E-state index in [0.717, 1.165) is 33.5 Å². The molecule has 0 aliphatic heterocycles. The van der Waals surface area contributed by atoms with E-state index >= 15 is 0 Å². The predicted molar refractivity (Wildman–Crippen MR) is 68.3 cm³/mol. The summed E-state index contributed by atoms with van der Waals surface area (Å²) in [5.74, 6) is 0.863. The number of aromatic nitrogens is 5. The Balaban J connectivity index is 2.22. The molecule has 3 aromatic heterocycles. The summed E-state index contributed by atoms with van der Waals surface area (Å²) in [5, 5.41) is 14.2. The van der Waals surface area contributed by atoms with Crippen molar-refractivity contribution in [3.8, 4) is 10.6 Å². The average molecular weight is 266 g/mol. The van der Waals surface area contributed by atoms with Gasteiger partial charge in [-0.3, -0.25) is 0 Å². The number of nitrogens with zero attached hydrogens (tertiary/aromatic N) is 5. The van der Waals surface area contributed by atoms with Crippen molar-refractivity contribution in [2.45, 2.75) is 20.3 Å². The molecule has 0 bridgehead atoms. The Labute approximate surface area is 105 Å². The quantitative estimate of drug-likeness (QED) is 0.764. The second-order valence-electron chi connectivity index (χ2n) is 3.58. The molecule has 0 atom stereocenters. The van der Waals surface area contributed by atoms with E-state index in [2.05, 4.69) is 19.7 Å². The van der Waals surface area contributed by atoms with Crippen LogP contribution in [0.1, 0.15) is 18.4 Å². The Morgan fingerprint density at radius 1 is 1.35 bits per heavy atom. The minimum Gasteiger partial charge on any atom is -0.389 e. The van der Waals surface area contributed by atoms with E-state index in [1.165, 1.54) is 22.9 Å². The summed E-state index contributed by atoms with van der Waals surface area (Å²) in [6.07, 6.45) is 0.806. The number of fused-ring (bicyclic) bond motifs is 1. The van der Waals surface area contributed by atoms with Crippen LogP contribution in [0.25, 0.3) is 15.5 Å². The lowest BCUT2D eigenvalue weighted by Gasteiger charge is -1.93. The monoisotopic (exact) mass is 266 g/mol. The van der Waals surface area contributed by atoms with Gasteiger partial charge in [-0.1, -0.05) is 18.3 Å². The molecule has 0 saturated carbocycles. The van der Waals surface area contributed by atoms with Gasteiger partial charge in [-0.25, -0.2) is 0 Å². The van der Waals surface area contributed by atoms with E-state index in [1.54, 1.807) is 4.52 Å². The van der Waals surface area contributed by atoms with Gasteiger partial charge in [0.15, 0.2) is 10.8 Å². The third-order valence-corrected chi connectivity index (χ3v) is 4.16. The number of nitrogens with two attached hydrogens (primary N) is 1. The molecule has 0 unspecified atom stereocenters. The fourth-order valence-electron chi connectivity index (χ4n) is 1.63. The van der Waals surface area contributed by atoms with E-state index in [4.69, 9.17) is 5.73 Å². The molecule has 17 heavy (non-hydrogen) atoms. The van der Waals surface area contributed by atoms with Crippen LogP contribution in [0.4, 0.5) is 5.00 Å². The van der Waals surface area contributed by atoms with Gasteiger partial charge in [0.25, 0.3) is 0 Å². The van der Waals surface area contributed by atoms with Crippen molar-refractivity contribution in [1.29, 1.82) is 0 Å². The SMILES string of the molecule is CCc1nnc2sc(-c3c(C)nsc3N)nn12. The summed E-state index contributed by atoms with van der Waals surface area (Å²) in [7, 11) is 0. The summed E-state index contributed by atoms with van der Waals surface area (Å²) in [6, 6.07) is 0. The van der Waals surface area contributed by atoms with Crippen LogP contribution in [0.15, 0.2) is 0 Å². The molecule has 6 nitrogen and oxygen atoms in total. The number of rotatable bonds is 2. The van der Waals surface area contributed by atoms with Crippen molar-refractivity contribution >= 4 is 32.8 Å². The highest BCUT2D eigenvalue weighted by Crippen LogP contribution is 2.34. The van der Waals surface area contributed by atoms with Crippen molar-refractivity contribution < 1.29 is 0 Å². The minimum atomic E-state index is 0.700. The summed E-state index contributed by atoms with van der Waals surface area (Å²) >= 11 is 2.78. The predicted octanol–water partition coefficient (Wildman–Crippen LogP) is 1.76. The van der Waals surface area contributed by atoms with Gasteiger partial charge in [0.1, 0.15) is 5.00 Å². The van der Waals surface area contributed by atoms with E-state index in [-0.39, 0.29) is 0 Å². The van der Waals surface area contributed by atoms with Crippen LogP contribution in [-0.2, 0) is 6.42 Å². The highest BCUT2D eigenvalue weighted by Gasteiger charge is 2.17. The summed E-state index contributed by atoms with van der Waals surface area (Å²) < 4.78 is 6.00. The van der Waals surface area contributed by atoms with Crippen LogP contribution < -0.4 is 5.73 Å². The van der Waals surface area contributed by atoms with Crippen molar-refractivity contribution in [1.82, 2.24) is 24.2 Å². The van der Waals surface area contributed by atoms with Gasteiger partial charge in [0, 0.05) is 6.42 Å². The van der Waals surface area contributed by atoms with Gasteiger partial charge in [0.05, 0.1) is 11.3 Å². The Kier molecular flexibility index (Phi) is 2.33. The lowest BCUT2D eigenvalue weighted by Crippen LogP contribution is -1.94. The fourth-order valence-corrected chi connectivity index (χ4v) is 3.32. The molecule has 0 aliphatic carbocycles. The average Bonchev–Trinajstić information content (AvgIpc) is 2.93. The molecule has 8 heteroatoms. The van der Waals surface area contributed by atoms with Gasteiger partial charge < -0.3 is 5.73 Å². The first kappa shape index (κ1) is 10.6. The number of hydrogen-bond acceptors (Lipinski definition) is 7. The largest absolute Gasteiger partial charge is 0.389 e. The first-order valence-electron chi connectivity index (χ1n) is 5.14. The molecule has 3 rings (SSSR count). The fraction of sp³-hybridized carbons (Fsp3) is 0.333. The maximum absolute atomic E-state index is 5.91. The lowest BCUT2D eigenvalue weighted by atomic mass is 10.3. The molecule has 88 valence electrons. The van der Waals surface area contributed by atoms with Crippen LogP contribution >= 0.6 is 22.9 Å². The Morgan fingerprint density at radius 3 is 2.82 bits per heavy atom. The highest BCUT2D eigenvalue weighted by molar-refractivity contribution is 7.20. The summed E-state index contributed by atoms with van der Waals surface area (Å²) in [6.45, 7) is 3.96. The molecule has 0 radical (unpaired) electrons. The molecular formula is C9H10N6S2. The van der Waals surface area contributed by atoms with Crippen LogP contribution in [-0.4, -0.2) is 24.2 Å². The molecule has 0 aliphatic rings. The van der Waals surface area contributed by atoms with Gasteiger partial charge >= 0.3 is 0 Å². The zero-order chi connectivity index (χ0) is 12.0. The van der Waals surface area contributed by atoms with Crippen molar-refractivity contribution in [3.05, 3.63) is 11.5 Å². The van der Waals surface area contributed by atoms with Gasteiger partial charge in [-0.15, -0.1) is 10.2 Å². The van der Waals surface area contributed by atoms with E-state index < -0.39 is 0 Å². The van der Waals surface area contributed by atoms with Crippen molar-refractivity contribution in [2.75, 3.05) is 5.73 Å². The molecule has 0 saturated heterocycles. The van der Waals surface area contributed by atoms with Crippen LogP contribution in [0, 0.1) is 6.92 Å². The zero-order valence-corrected chi connectivity index (χ0v) is 11.0. The molecule has 0 fully saturated rings. The summed E-state index contributed by atoms with van der Waals surface area (Å²) in [5.41, 5.74) is 7.75. The number of nitrogen functional groups attached to an aromatic ring is 1. The lowest BCUT2D eigenvalue weighted by molar-refractivity contribution is 0.838. The molecule has 2 N–H and O–H groups in total. The summed E-state index contributed by atoms with van der Waals surface area (Å²) in [4.78, 5) is 0.793. The van der Waals surface area contributed by atoms with Crippen molar-refractivity contribution in [2.24, 2.45) is 0 Å². The molecule has 3 heterocycles. The van der Waals surface area contributed by atoms with Gasteiger partial charge in [0.2, 0.25) is 4.96 Å². The highest BCUT2D eigenvalue weighted by atomic mass is 32.1. The first-order chi connectivity index (χ1) is 8.20. The second kappa shape index (κ2) is 3.74. The standard InChI is InChI=1S/C9H10N6S2/c1-3-5-11-12-9-15(5)13-8(16-9)6-4(2)14-17-7(6)10/h3,10H2,1-2H3. The van der Waals surface area contributed by atoms with E-state index in [9.17, 15) is 0 Å². The van der Waals surface area contributed by atoms with E-state index in [1.807, 2.05) is 13.8 Å². The Hall–Kier alpha value is -1.54. The van der Waals surface area contributed by atoms with Crippen LogP contribution in [0.3, 0.4) is 0 Å². The smallest absolute Gasteiger partial charge is 0.234 e. The van der Waals surface area contributed by atoms with Gasteiger partial charge in [-0.2, -0.15) is 14.0 Å². The zero-order valence-electron chi connectivity index (χ0n) is 9.34. The normalized spacial score (nSPS) is 11.4. The topological polar surface area (TPSA) is 82.0 Å².